The van der Waals surface area contributed by atoms with E-state index in [1.54, 1.807) is 18.2 Å². The maximum atomic E-state index is 13.0. The van der Waals surface area contributed by atoms with Crippen LogP contribution in [0.1, 0.15) is 57.5 Å². The van der Waals surface area contributed by atoms with Gasteiger partial charge in [0.05, 0.1) is 12.7 Å². The largest absolute Gasteiger partial charge is 0.496 e. The number of methoxy groups -OCH3 is 1. The predicted molar refractivity (Wildman–Crippen MR) is 132 cm³/mol. The Balaban J connectivity index is 2.39. The van der Waals surface area contributed by atoms with Crippen molar-refractivity contribution in [1.82, 2.24) is 3.96 Å². The molecule has 0 aliphatic rings. The molecule has 2 aromatic rings. The van der Waals surface area contributed by atoms with E-state index >= 15 is 0 Å². The highest BCUT2D eigenvalue weighted by Crippen LogP contribution is 2.36. The Bertz CT molecular complexity index is 997. The highest BCUT2D eigenvalue weighted by molar-refractivity contribution is 7.04. The molecule has 0 spiro atoms. The summed E-state index contributed by atoms with van der Waals surface area (Å²) in [6.07, 6.45) is 2.78. The molecule has 2 rings (SSSR count). The number of aromatic nitrogens is 1. The summed E-state index contributed by atoms with van der Waals surface area (Å²) < 4.78 is 14.5. The Morgan fingerprint density at radius 2 is 1.84 bits per heavy atom. The van der Waals surface area contributed by atoms with Gasteiger partial charge >= 0.3 is 0 Å². The Labute approximate surface area is 196 Å². The van der Waals surface area contributed by atoms with Gasteiger partial charge in [0.15, 0.2) is 8.32 Å². The molecule has 1 aromatic carbocycles. The highest BCUT2D eigenvalue weighted by atomic mass is 35.5. The molecule has 31 heavy (non-hydrogen) atoms. The van der Waals surface area contributed by atoms with Crippen LogP contribution in [0.4, 0.5) is 0 Å². The summed E-state index contributed by atoms with van der Waals surface area (Å²) in [5, 5.41) is 0.623. The molecule has 1 aromatic heterocycles. The van der Waals surface area contributed by atoms with E-state index in [4.69, 9.17) is 20.8 Å². The van der Waals surface area contributed by atoms with Gasteiger partial charge in [0.2, 0.25) is 0 Å². The number of benzene rings is 1. The van der Waals surface area contributed by atoms with Crippen molar-refractivity contribution in [2.24, 2.45) is 4.99 Å². The molecule has 172 valence electrons. The Hall–Kier alpha value is -1.41. The average molecular weight is 483 g/mol. The summed E-state index contributed by atoms with van der Waals surface area (Å²) in [7, 11) is -0.311. The number of rotatable bonds is 6. The van der Waals surface area contributed by atoms with Crippen molar-refractivity contribution in [3.8, 4) is 5.75 Å². The van der Waals surface area contributed by atoms with Crippen LogP contribution in [0.2, 0.25) is 23.2 Å². The first-order valence-corrected chi connectivity index (χ1v) is 14.5. The fourth-order valence-electron chi connectivity index (χ4n) is 2.60. The standard InChI is InChI=1S/C23H35ClN2O3SSi/c1-22(2,3)26-15-16(12-13-29-31(8,9)23(4,5)6)21(30-26)25-20(27)18-14-17(24)10-11-19(18)28-7/h10-11,14-15H,12-13H2,1-9H3/b25-21-. The van der Waals surface area contributed by atoms with Crippen molar-refractivity contribution in [3.63, 3.8) is 0 Å². The van der Waals surface area contributed by atoms with Gasteiger partial charge < -0.3 is 9.16 Å². The van der Waals surface area contributed by atoms with E-state index in [1.807, 2.05) is 0 Å². The Kier molecular flexibility index (Phi) is 8.01. The number of carbonyl (C=O) groups excluding carboxylic acids is 1. The second-order valence-corrected chi connectivity index (χ2v) is 16.4. The number of hydrogen-bond donors (Lipinski definition) is 0. The number of ether oxygens (including phenoxy) is 1. The van der Waals surface area contributed by atoms with Crippen molar-refractivity contribution in [1.29, 1.82) is 0 Å². The Morgan fingerprint density at radius 3 is 2.39 bits per heavy atom. The van der Waals surface area contributed by atoms with Crippen LogP contribution in [-0.4, -0.2) is 31.9 Å². The van der Waals surface area contributed by atoms with Gasteiger partial charge in [-0.1, -0.05) is 32.4 Å². The van der Waals surface area contributed by atoms with Gasteiger partial charge in [-0.15, -0.1) is 0 Å². The van der Waals surface area contributed by atoms with Gasteiger partial charge in [0.25, 0.3) is 5.91 Å². The number of nitrogens with zero attached hydrogens (tertiary/aromatic N) is 2. The minimum atomic E-state index is -1.84. The molecular formula is C23H35ClN2O3SSi. The number of amides is 1. The topological polar surface area (TPSA) is 52.8 Å². The van der Waals surface area contributed by atoms with Crippen LogP contribution in [0.3, 0.4) is 0 Å². The predicted octanol–water partition coefficient (Wildman–Crippen LogP) is 6.27. The molecule has 0 radical (unpaired) electrons. The van der Waals surface area contributed by atoms with Gasteiger partial charge in [0.1, 0.15) is 10.4 Å². The minimum absolute atomic E-state index is 0.107. The molecule has 8 heteroatoms. The van der Waals surface area contributed by atoms with Crippen LogP contribution in [0.15, 0.2) is 29.4 Å². The van der Waals surface area contributed by atoms with Crippen molar-refractivity contribution in [3.05, 3.63) is 45.2 Å². The minimum Gasteiger partial charge on any atom is -0.496 e. The second kappa shape index (κ2) is 9.61. The molecule has 0 saturated heterocycles. The maximum absolute atomic E-state index is 13.0. The lowest BCUT2D eigenvalue weighted by atomic mass is 10.1. The van der Waals surface area contributed by atoms with Gasteiger partial charge in [-0.05, 0) is 75.1 Å². The molecule has 1 amide bonds. The Morgan fingerprint density at radius 1 is 1.19 bits per heavy atom. The first-order chi connectivity index (χ1) is 14.2. The zero-order chi connectivity index (χ0) is 23.6. The van der Waals surface area contributed by atoms with Gasteiger partial charge in [-0.3, -0.25) is 8.75 Å². The lowest BCUT2D eigenvalue weighted by Gasteiger charge is -2.36. The third kappa shape index (κ3) is 6.54. The fraction of sp³-hybridized carbons (Fsp3) is 0.565. The normalized spacial score (nSPS) is 13.5. The number of halogens is 1. The maximum Gasteiger partial charge on any atom is 0.282 e. The van der Waals surface area contributed by atoms with Crippen molar-refractivity contribution < 1.29 is 14.0 Å². The van der Waals surface area contributed by atoms with Crippen LogP contribution in [0, 0.1) is 0 Å². The monoisotopic (exact) mass is 482 g/mol. The van der Waals surface area contributed by atoms with Crippen molar-refractivity contribution in [2.45, 2.75) is 71.6 Å². The van der Waals surface area contributed by atoms with E-state index < -0.39 is 8.32 Å². The molecule has 0 saturated carbocycles. The second-order valence-electron chi connectivity index (χ2n) is 10.2. The van der Waals surface area contributed by atoms with Crippen LogP contribution in [0.5, 0.6) is 5.75 Å². The molecule has 5 nitrogen and oxygen atoms in total. The smallest absolute Gasteiger partial charge is 0.282 e. The molecule has 0 aliphatic heterocycles. The molecule has 0 N–H and O–H groups in total. The zero-order valence-electron chi connectivity index (χ0n) is 20.1. The third-order valence-electron chi connectivity index (χ3n) is 5.63. The van der Waals surface area contributed by atoms with Crippen LogP contribution >= 0.6 is 23.1 Å². The summed E-state index contributed by atoms with van der Waals surface area (Å²) >= 11 is 7.58. The highest BCUT2D eigenvalue weighted by Gasteiger charge is 2.36. The van der Waals surface area contributed by atoms with E-state index in [0.29, 0.717) is 34.0 Å². The fourth-order valence-corrected chi connectivity index (χ4v) is 4.85. The molecule has 0 bridgehead atoms. The molecule has 0 fully saturated rings. The van der Waals surface area contributed by atoms with E-state index in [9.17, 15) is 4.79 Å². The zero-order valence-corrected chi connectivity index (χ0v) is 22.7. The van der Waals surface area contributed by atoms with Gasteiger partial charge in [-0.2, -0.15) is 4.99 Å². The van der Waals surface area contributed by atoms with Crippen LogP contribution in [0.25, 0.3) is 0 Å². The van der Waals surface area contributed by atoms with Crippen LogP contribution < -0.4 is 9.41 Å². The molecule has 0 aliphatic carbocycles. The van der Waals surface area contributed by atoms with Gasteiger partial charge in [-0.25, -0.2) is 0 Å². The van der Waals surface area contributed by atoms with E-state index in [0.717, 1.165) is 5.56 Å². The summed E-state index contributed by atoms with van der Waals surface area (Å²) in [4.78, 5) is 17.4. The van der Waals surface area contributed by atoms with Crippen molar-refractivity contribution in [2.75, 3.05) is 13.7 Å². The summed E-state index contributed by atoms with van der Waals surface area (Å²) in [6, 6.07) is 4.97. The van der Waals surface area contributed by atoms with Crippen molar-refractivity contribution >= 4 is 37.4 Å². The lowest BCUT2D eigenvalue weighted by Crippen LogP contribution is -2.41. The molecule has 1 heterocycles. The van der Waals surface area contributed by atoms with Gasteiger partial charge in [0, 0.05) is 28.9 Å². The lowest BCUT2D eigenvalue weighted by molar-refractivity contribution is 0.0996. The summed E-state index contributed by atoms with van der Waals surface area (Å²) in [5.74, 6) is 0.0926. The number of carbonyl (C=O) groups is 1. The first-order valence-electron chi connectivity index (χ1n) is 10.4. The quantitative estimate of drug-likeness (QED) is 0.455. The van der Waals surface area contributed by atoms with E-state index in [2.05, 4.69) is 69.8 Å². The SMILES string of the molecule is COc1ccc(Cl)cc1C(=O)/N=c1\sn(C(C)(C)C)cc1CCO[Si](C)(C)C(C)(C)C. The summed E-state index contributed by atoms with van der Waals surface area (Å²) in [5.41, 5.74) is 1.26. The first kappa shape index (κ1) is 25.8. The summed E-state index contributed by atoms with van der Waals surface area (Å²) in [6.45, 7) is 18.2. The van der Waals surface area contributed by atoms with E-state index in [1.165, 1.54) is 18.6 Å². The number of hydrogen-bond acceptors (Lipinski definition) is 4. The average Bonchev–Trinajstić information content (AvgIpc) is 3.03. The molecule has 0 unspecified atom stereocenters. The van der Waals surface area contributed by atoms with E-state index in [-0.39, 0.29) is 16.5 Å². The molecule has 0 atom stereocenters. The third-order valence-corrected chi connectivity index (χ3v) is 11.8. The van der Waals surface area contributed by atoms with Crippen LogP contribution in [-0.2, 0) is 16.4 Å². The molecular weight excluding hydrogens is 448 g/mol.